The smallest absolute Gasteiger partial charge is 0.287 e. The van der Waals surface area contributed by atoms with Crippen molar-refractivity contribution in [2.75, 3.05) is 26.9 Å². The summed E-state index contributed by atoms with van der Waals surface area (Å²) in [5.41, 5.74) is 5.93. The zero-order valence-electron chi connectivity index (χ0n) is 17.9. The van der Waals surface area contributed by atoms with Crippen LogP contribution in [0.15, 0.2) is 46.9 Å². The molecule has 4 N–H and O–H groups in total. The number of carbonyl (C=O) groups excluding carboxylic acids is 2. The van der Waals surface area contributed by atoms with E-state index >= 15 is 0 Å². The molecule has 0 saturated heterocycles. The largest absolute Gasteiger partial charge is 0.504 e. The first-order chi connectivity index (χ1) is 15.4. The van der Waals surface area contributed by atoms with Crippen LogP contribution in [0, 0.1) is 0 Å². The molecule has 3 rings (SSSR count). The van der Waals surface area contributed by atoms with Gasteiger partial charge in [0.15, 0.2) is 17.3 Å². The fourth-order valence-corrected chi connectivity index (χ4v) is 2.97. The Hall–Kier alpha value is -3.72. The molecular weight excluding hydrogens is 416 g/mol. The van der Waals surface area contributed by atoms with E-state index in [4.69, 9.17) is 24.4 Å². The van der Waals surface area contributed by atoms with Crippen LogP contribution in [0.2, 0.25) is 0 Å². The second-order valence-electron chi connectivity index (χ2n) is 7.09. The lowest BCUT2D eigenvalue weighted by Crippen LogP contribution is -2.38. The number of phenols is 1. The summed E-state index contributed by atoms with van der Waals surface area (Å²) in [5, 5.41) is 13.6. The van der Waals surface area contributed by atoms with Gasteiger partial charge in [-0.15, -0.1) is 0 Å². The van der Waals surface area contributed by atoms with Gasteiger partial charge in [-0.25, -0.2) is 0 Å². The number of carbonyl (C=O) groups is 2. The number of hydrogen-bond acceptors (Lipinski definition) is 7. The minimum atomic E-state index is -0.648. The number of hydrogen-bond donors (Lipinski definition) is 3. The van der Waals surface area contributed by atoms with Gasteiger partial charge in [0.1, 0.15) is 24.5 Å². The average Bonchev–Trinajstić information content (AvgIpc) is 3.21. The van der Waals surface area contributed by atoms with Crippen LogP contribution in [0.5, 0.6) is 17.2 Å². The molecular formula is C23H26N2O7. The van der Waals surface area contributed by atoms with Crippen LogP contribution >= 0.6 is 0 Å². The number of methoxy groups -OCH3 is 1. The summed E-state index contributed by atoms with van der Waals surface area (Å²) in [5.74, 6) is -0.224. The number of primary amides is 1. The summed E-state index contributed by atoms with van der Waals surface area (Å²) < 4.78 is 21.8. The minimum Gasteiger partial charge on any atom is -0.504 e. The van der Waals surface area contributed by atoms with Crippen LogP contribution in [0.3, 0.4) is 0 Å². The standard InChI is InChI=1S/C23H26N2O7/c1-3-16(13-31-20-6-4-14(22(24)27)11-18(20)26)25-23(28)21-12-15-10-17(30-9-8-29-2)5-7-19(15)32-21/h4-7,10-12,16,26H,3,8-9,13H2,1-2H3,(H2,24,27)(H,25,28)/t16-/m0/s1. The van der Waals surface area contributed by atoms with Gasteiger partial charge in [-0.05, 0) is 48.9 Å². The van der Waals surface area contributed by atoms with Gasteiger partial charge < -0.3 is 34.8 Å². The van der Waals surface area contributed by atoms with Crippen molar-refractivity contribution in [1.82, 2.24) is 5.32 Å². The minimum absolute atomic E-state index is 0.115. The van der Waals surface area contributed by atoms with Gasteiger partial charge in [0.05, 0.1) is 12.6 Å². The first-order valence-corrected chi connectivity index (χ1v) is 10.1. The second-order valence-corrected chi connectivity index (χ2v) is 7.09. The number of aromatic hydroxyl groups is 1. The number of phenolic OH excluding ortho intramolecular Hbond substituents is 1. The number of nitrogens with one attached hydrogen (secondary N) is 1. The Labute approximate surface area is 185 Å². The molecule has 0 unspecified atom stereocenters. The number of ether oxygens (including phenoxy) is 3. The quantitative estimate of drug-likeness (QED) is 0.389. The molecule has 9 heteroatoms. The summed E-state index contributed by atoms with van der Waals surface area (Å²) in [4.78, 5) is 23.8. The van der Waals surface area contributed by atoms with Gasteiger partial charge >= 0.3 is 0 Å². The van der Waals surface area contributed by atoms with Crippen LogP contribution in [0.4, 0.5) is 0 Å². The highest BCUT2D eigenvalue weighted by Gasteiger charge is 2.18. The fourth-order valence-electron chi connectivity index (χ4n) is 2.97. The van der Waals surface area contributed by atoms with Gasteiger partial charge in [-0.3, -0.25) is 9.59 Å². The van der Waals surface area contributed by atoms with E-state index in [-0.39, 0.29) is 41.4 Å². The topological polar surface area (TPSA) is 133 Å². The van der Waals surface area contributed by atoms with Gasteiger partial charge in [0, 0.05) is 18.1 Å². The molecule has 0 aliphatic heterocycles. The van der Waals surface area contributed by atoms with Crippen LogP contribution in [-0.4, -0.2) is 49.9 Å². The first kappa shape index (κ1) is 23.0. The highest BCUT2D eigenvalue weighted by molar-refractivity contribution is 5.96. The number of fused-ring (bicyclic) bond motifs is 1. The molecule has 3 aromatic rings. The summed E-state index contributed by atoms with van der Waals surface area (Å²) in [6.45, 7) is 2.91. The highest BCUT2D eigenvalue weighted by Crippen LogP contribution is 2.27. The van der Waals surface area contributed by atoms with E-state index in [9.17, 15) is 14.7 Å². The molecule has 0 saturated carbocycles. The summed E-state index contributed by atoms with van der Waals surface area (Å²) in [7, 11) is 1.60. The van der Waals surface area contributed by atoms with E-state index in [0.717, 1.165) is 5.39 Å². The molecule has 0 radical (unpaired) electrons. The summed E-state index contributed by atoms with van der Waals surface area (Å²) in [6, 6.07) is 10.8. The lowest BCUT2D eigenvalue weighted by molar-refractivity contribution is 0.0893. The molecule has 32 heavy (non-hydrogen) atoms. The fraction of sp³-hybridized carbons (Fsp3) is 0.304. The molecule has 9 nitrogen and oxygen atoms in total. The zero-order valence-corrected chi connectivity index (χ0v) is 17.9. The number of amides is 2. The van der Waals surface area contributed by atoms with Crippen LogP contribution in [0.1, 0.15) is 34.3 Å². The van der Waals surface area contributed by atoms with E-state index in [1.165, 1.54) is 18.2 Å². The maximum Gasteiger partial charge on any atom is 0.287 e. The molecule has 0 aliphatic carbocycles. The normalized spacial score (nSPS) is 11.8. The zero-order chi connectivity index (χ0) is 23.1. The lowest BCUT2D eigenvalue weighted by Gasteiger charge is -2.17. The third kappa shape index (κ3) is 5.70. The van der Waals surface area contributed by atoms with Crippen molar-refractivity contribution in [2.45, 2.75) is 19.4 Å². The number of nitrogens with two attached hydrogens (primary N) is 1. The molecule has 0 spiro atoms. The molecule has 0 fully saturated rings. The molecule has 1 aromatic heterocycles. The maximum atomic E-state index is 12.7. The Morgan fingerprint density at radius 1 is 1.12 bits per heavy atom. The van der Waals surface area contributed by atoms with Crippen molar-refractivity contribution >= 4 is 22.8 Å². The van der Waals surface area contributed by atoms with Gasteiger partial charge in [-0.1, -0.05) is 6.92 Å². The van der Waals surface area contributed by atoms with E-state index in [1.807, 2.05) is 6.92 Å². The van der Waals surface area contributed by atoms with Crippen molar-refractivity contribution in [3.63, 3.8) is 0 Å². The third-order valence-corrected chi connectivity index (χ3v) is 4.78. The number of benzene rings is 2. The van der Waals surface area contributed by atoms with Crippen LogP contribution in [-0.2, 0) is 4.74 Å². The third-order valence-electron chi connectivity index (χ3n) is 4.78. The summed E-state index contributed by atoms with van der Waals surface area (Å²) >= 11 is 0. The van der Waals surface area contributed by atoms with Crippen molar-refractivity contribution in [1.29, 1.82) is 0 Å². The second kappa shape index (κ2) is 10.5. The molecule has 1 atom stereocenters. The number of rotatable bonds is 11. The van der Waals surface area contributed by atoms with Crippen molar-refractivity contribution in [3.8, 4) is 17.2 Å². The maximum absolute atomic E-state index is 12.7. The molecule has 1 heterocycles. The van der Waals surface area contributed by atoms with Crippen LogP contribution in [0.25, 0.3) is 11.0 Å². The predicted molar refractivity (Wildman–Crippen MR) is 117 cm³/mol. The predicted octanol–water partition coefficient (Wildman–Crippen LogP) is 2.85. The Bertz CT molecular complexity index is 1090. The van der Waals surface area contributed by atoms with Gasteiger partial charge in [-0.2, -0.15) is 0 Å². The molecule has 170 valence electrons. The summed E-state index contributed by atoms with van der Waals surface area (Å²) in [6.07, 6.45) is 0.587. The van der Waals surface area contributed by atoms with Crippen molar-refractivity contribution < 1.29 is 33.3 Å². The van der Waals surface area contributed by atoms with E-state index in [0.29, 0.717) is 31.0 Å². The number of furan rings is 1. The van der Waals surface area contributed by atoms with Gasteiger partial charge in [0.2, 0.25) is 5.91 Å². The van der Waals surface area contributed by atoms with E-state index < -0.39 is 5.91 Å². The Kier molecular flexibility index (Phi) is 7.56. The molecule has 0 aliphatic rings. The highest BCUT2D eigenvalue weighted by atomic mass is 16.5. The molecule has 2 amide bonds. The van der Waals surface area contributed by atoms with Crippen LogP contribution < -0.4 is 20.5 Å². The average molecular weight is 442 g/mol. The Morgan fingerprint density at radius 2 is 1.94 bits per heavy atom. The molecule has 0 bridgehead atoms. The Balaban J connectivity index is 1.62. The first-order valence-electron chi connectivity index (χ1n) is 10.1. The van der Waals surface area contributed by atoms with E-state index in [2.05, 4.69) is 5.32 Å². The van der Waals surface area contributed by atoms with Crippen molar-refractivity contribution in [2.24, 2.45) is 5.73 Å². The Morgan fingerprint density at radius 3 is 2.62 bits per heavy atom. The van der Waals surface area contributed by atoms with Crippen molar-refractivity contribution in [3.05, 3.63) is 53.8 Å². The monoisotopic (exact) mass is 442 g/mol. The lowest BCUT2D eigenvalue weighted by atomic mass is 10.2. The molecule has 2 aromatic carbocycles. The van der Waals surface area contributed by atoms with Gasteiger partial charge in [0.25, 0.3) is 5.91 Å². The SMILES string of the molecule is CC[C@@H](COc1ccc(C(N)=O)cc1O)NC(=O)c1cc2cc(OCCOC)ccc2o1. The van der Waals surface area contributed by atoms with E-state index in [1.54, 1.807) is 31.4 Å².